The number of piperidine rings is 1. The number of aromatic nitrogens is 2. The Labute approximate surface area is 146 Å². The summed E-state index contributed by atoms with van der Waals surface area (Å²) >= 11 is 0. The zero-order valence-electron chi connectivity index (χ0n) is 14.4. The van der Waals surface area contributed by atoms with Gasteiger partial charge in [0.2, 0.25) is 0 Å². The van der Waals surface area contributed by atoms with E-state index in [-0.39, 0.29) is 17.5 Å². The molecule has 1 N–H and O–H groups in total. The molecule has 0 radical (unpaired) electrons. The predicted molar refractivity (Wildman–Crippen MR) is 93.6 cm³/mol. The average molecular weight is 336 g/mol. The second-order valence-electron chi connectivity index (χ2n) is 6.39. The first-order valence-electron chi connectivity index (χ1n) is 8.33. The van der Waals surface area contributed by atoms with E-state index in [9.17, 15) is 15.2 Å². The summed E-state index contributed by atoms with van der Waals surface area (Å²) in [4.78, 5) is 14.6. The lowest BCUT2D eigenvalue weighted by atomic mass is 9.88. The topological polar surface area (TPSA) is 90.1 Å². The van der Waals surface area contributed by atoms with Crippen LogP contribution in [0.15, 0.2) is 24.3 Å². The molecule has 2 heterocycles. The van der Waals surface area contributed by atoms with Gasteiger partial charge in [-0.05, 0) is 56.5 Å². The van der Waals surface area contributed by atoms with Crippen molar-refractivity contribution in [3.05, 3.63) is 46.6 Å². The molecule has 1 aliphatic heterocycles. The number of nitrogens with zero attached hydrogens (tertiary/aromatic N) is 4. The van der Waals surface area contributed by atoms with Crippen LogP contribution in [0.1, 0.15) is 40.0 Å². The third-order valence-corrected chi connectivity index (χ3v) is 4.86. The third kappa shape index (κ3) is 3.31. The van der Waals surface area contributed by atoms with Gasteiger partial charge in [0.05, 0.1) is 5.69 Å². The van der Waals surface area contributed by atoms with Crippen LogP contribution < -0.4 is 4.90 Å². The monoisotopic (exact) mass is 336 g/mol. The molecule has 25 heavy (non-hydrogen) atoms. The normalized spacial score (nSPS) is 15.0. The first kappa shape index (κ1) is 16.9. The Morgan fingerprint density at radius 1 is 1.20 bits per heavy atom. The van der Waals surface area contributed by atoms with E-state index in [1.165, 1.54) is 12.1 Å². The van der Waals surface area contributed by atoms with Gasteiger partial charge in [-0.15, -0.1) is 5.10 Å². The van der Waals surface area contributed by atoms with Gasteiger partial charge in [0.1, 0.15) is 17.4 Å². The Bertz CT molecular complexity index is 832. The Kier molecular flexibility index (Phi) is 4.66. The maximum atomic E-state index is 12.6. The summed E-state index contributed by atoms with van der Waals surface area (Å²) in [6, 6.07) is 8.62. The number of aromatic hydroxyl groups is 1. The van der Waals surface area contributed by atoms with Gasteiger partial charge >= 0.3 is 0 Å². The number of aryl methyl sites for hydroxylation is 1. The van der Waals surface area contributed by atoms with Gasteiger partial charge in [-0.2, -0.15) is 10.4 Å². The van der Waals surface area contributed by atoms with Gasteiger partial charge < -0.3 is 10.0 Å². The molecule has 0 unspecified atom stereocenters. The van der Waals surface area contributed by atoms with Crippen molar-refractivity contribution in [1.29, 1.82) is 5.26 Å². The lowest BCUT2D eigenvalue weighted by Crippen LogP contribution is -2.37. The zero-order valence-corrected chi connectivity index (χ0v) is 14.4. The summed E-state index contributed by atoms with van der Waals surface area (Å²) in [7, 11) is 0. The number of phenolic OH excluding ortho intramolecular Hbond substituents is 1. The van der Waals surface area contributed by atoms with Crippen LogP contribution in [-0.2, 0) is 0 Å². The second-order valence-corrected chi connectivity index (χ2v) is 6.39. The second kappa shape index (κ2) is 6.89. The van der Waals surface area contributed by atoms with Crippen molar-refractivity contribution in [3.8, 4) is 11.8 Å². The number of rotatable bonds is 3. The fraction of sp³-hybridized carbons (Fsp3) is 0.368. The molecule has 2 aromatic rings. The largest absolute Gasteiger partial charge is 0.508 e. The van der Waals surface area contributed by atoms with Crippen LogP contribution in [0.4, 0.5) is 5.82 Å². The van der Waals surface area contributed by atoms with E-state index in [1.807, 2.05) is 18.7 Å². The van der Waals surface area contributed by atoms with Gasteiger partial charge in [0, 0.05) is 24.6 Å². The van der Waals surface area contributed by atoms with Crippen molar-refractivity contribution < 1.29 is 9.90 Å². The number of phenols is 1. The number of hydrogen-bond donors (Lipinski definition) is 1. The van der Waals surface area contributed by atoms with Crippen LogP contribution >= 0.6 is 0 Å². The van der Waals surface area contributed by atoms with Crippen molar-refractivity contribution in [2.24, 2.45) is 5.92 Å². The number of carbonyl (C=O) groups excluding carboxylic acids is 1. The Hall–Kier alpha value is -2.94. The third-order valence-electron chi connectivity index (χ3n) is 4.86. The van der Waals surface area contributed by atoms with Crippen LogP contribution in [0.25, 0.3) is 0 Å². The molecule has 1 saturated heterocycles. The van der Waals surface area contributed by atoms with Crippen LogP contribution in [0.2, 0.25) is 0 Å². The number of hydrogen-bond acceptors (Lipinski definition) is 6. The SMILES string of the molecule is Cc1nnc(N2CCC(C(=O)c3ccc(O)cc3)CC2)c(C#N)c1C. The summed E-state index contributed by atoms with van der Waals surface area (Å²) in [6.07, 6.45) is 1.42. The molecule has 0 saturated carbocycles. The lowest BCUT2D eigenvalue weighted by Gasteiger charge is -2.32. The highest BCUT2D eigenvalue weighted by molar-refractivity contribution is 5.98. The van der Waals surface area contributed by atoms with E-state index in [0.717, 1.165) is 11.3 Å². The van der Waals surface area contributed by atoms with Crippen LogP contribution in [0.3, 0.4) is 0 Å². The minimum Gasteiger partial charge on any atom is -0.508 e. The molecular weight excluding hydrogens is 316 g/mol. The van der Waals surface area contributed by atoms with E-state index < -0.39 is 0 Å². The Morgan fingerprint density at radius 2 is 1.84 bits per heavy atom. The molecule has 1 fully saturated rings. The molecule has 0 amide bonds. The maximum Gasteiger partial charge on any atom is 0.169 e. The smallest absolute Gasteiger partial charge is 0.169 e. The number of ketones is 1. The van der Waals surface area contributed by atoms with Gasteiger partial charge in [-0.1, -0.05) is 0 Å². The quantitative estimate of drug-likeness (QED) is 0.867. The first-order valence-corrected chi connectivity index (χ1v) is 8.33. The zero-order chi connectivity index (χ0) is 18.0. The Morgan fingerprint density at radius 3 is 2.44 bits per heavy atom. The number of Topliss-reactive ketones (excluding diaryl/α,β-unsaturated/α-hetero) is 1. The highest BCUT2D eigenvalue weighted by Gasteiger charge is 2.28. The summed E-state index contributed by atoms with van der Waals surface area (Å²) in [5.74, 6) is 0.821. The minimum absolute atomic E-state index is 0.0502. The fourth-order valence-corrected chi connectivity index (χ4v) is 3.17. The molecule has 1 aliphatic rings. The maximum absolute atomic E-state index is 12.6. The minimum atomic E-state index is -0.0502. The fourth-order valence-electron chi connectivity index (χ4n) is 3.17. The summed E-state index contributed by atoms with van der Waals surface area (Å²) in [6.45, 7) is 5.06. The summed E-state index contributed by atoms with van der Waals surface area (Å²) in [5, 5.41) is 27.1. The standard InChI is InChI=1S/C19H20N4O2/c1-12-13(2)21-22-19(17(12)11-20)23-9-7-15(8-10-23)18(25)14-3-5-16(24)6-4-14/h3-6,15,24H,7-10H2,1-2H3. The van der Waals surface area contributed by atoms with Crippen molar-refractivity contribution >= 4 is 11.6 Å². The highest BCUT2D eigenvalue weighted by Crippen LogP contribution is 2.28. The molecule has 1 aromatic heterocycles. The van der Waals surface area contributed by atoms with Crippen LogP contribution in [0.5, 0.6) is 5.75 Å². The number of benzene rings is 1. The average Bonchev–Trinajstić information content (AvgIpc) is 2.64. The van der Waals surface area contributed by atoms with Crippen LogP contribution in [-0.4, -0.2) is 34.2 Å². The number of anilines is 1. The van der Waals surface area contributed by atoms with Crippen molar-refractivity contribution in [2.75, 3.05) is 18.0 Å². The highest BCUT2D eigenvalue weighted by atomic mass is 16.3. The van der Waals surface area contributed by atoms with Gasteiger partial charge in [0.15, 0.2) is 11.6 Å². The van der Waals surface area contributed by atoms with E-state index >= 15 is 0 Å². The summed E-state index contributed by atoms with van der Waals surface area (Å²) in [5.41, 5.74) is 2.81. The molecule has 0 spiro atoms. The van der Waals surface area contributed by atoms with E-state index in [2.05, 4.69) is 16.3 Å². The lowest BCUT2D eigenvalue weighted by molar-refractivity contribution is 0.0900. The van der Waals surface area contributed by atoms with E-state index in [4.69, 9.17) is 0 Å². The van der Waals surface area contributed by atoms with Crippen LogP contribution in [0, 0.1) is 31.1 Å². The molecule has 6 nitrogen and oxygen atoms in total. The van der Waals surface area contributed by atoms with Crippen molar-refractivity contribution in [3.63, 3.8) is 0 Å². The molecular formula is C19H20N4O2. The van der Waals surface area contributed by atoms with E-state index in [1.54, 1.807) is 12.1 Å². The predicted octanol–water partition coefficient (Wildman–Crippen LogP) is 2.77. The van der Waals surface area contributed by atoms with Gasteiger partial charge in [-0.25, -0.2) is 0 Å². The summed E-state index contributed by atoms with van der Waals surface area (Å²) < 4.78 is 0. The van der Waals surface area contributed by atoms with E-state index in [0.29, 0.717) is 42.9 Å². The molecule has 3 rings (SSSR count). The Balaban J connectivity index is 1.72. The number of carbonyl (C=O) groups is 1. The molecule has 0 atom stereocenters. The van der Waals surface area contributed by atoms with Gasteiger partial charge in [0.25, 0.3) is 0 Å². The van der Waals surface area contributed by atoms with Crippen molar-refractivity contribution in [1.82, 2.24) is 10.2 Å². The number of nitriles is 1. The van der Waals surface area contributed by atoms with Crippen molar-refractivity contribution in [2.45, 2.75) is 26.7 Å². The first-order chi connectivity index (χ1) is 12.0. The molecule has 128 valence electrons. The molecule has 0 aliphatic carbocycles. The molecule has 0 bridgehead atoms. The molecule has 6 heteroatoms. The van der Waals surface area contributed by atoms with Gasteiger partial charge in [-0.3, -0.25) is 4.79 Å². The molecule has 1 aromatic carbocycles.